The van der Waals surface area contributed by atoms with Gasteiger partial charge >= 0.3 is 5.69 Å². The van der Waals surface area contributed by atoms with Gasteiger partial charge in [-0.3, -0.25) is 10.1 Å². The summed E-state index contributed by atoms with van der Waals surface area (Å²) in [5.41, 5.74) is -0.135. The Morgan fingerprint density at radius 1 is 1.50 bits per heavy atom. The second kappa shape index (κ2) is 5.92. The first-order chi connectivity index (χ1) is 7.69. The second-order valence-electron chi connectivity index (χ2n) is 3.02. The Morgan fingerprint density at radius 3 is 2.81 bits per heavy atom. The lowest BCUT2D eigenvalue weighted by molar-refractivity contribution is -0.385. The molecule has 0 aliphatic rings. The highest BCUT2D eigenvalue weighted by atomic mass is 16.6. The van der Waals surface area contributed by atoms with Crippen molar-refractivity contribution in [2.75, 3.05) is 20.3 Å². The highest BCUT2D eigenvalue weighted by molar-refractivity contribution is 5.50. The van der Waals surface area contributed by atoms with Crippen LogP contribution in [0.2, 0.25) is 0 Å². The number of nitrogens with zero attached hydrogens (tertiary/aromatic N) is 1. The molecule has 0 aliphatic heterocycles. The minimum absolute atomic E-state index is 0.0260. The number of hydrogen-bond acceptors (Lipinski definition) is 5. The van der Waals surface area contributed by atoms with Gasteiger partial charge < -0.3 is 14.6 Å². The topological polar surface area (TPSA) is 81.8 Å². The molecular formula is C10H13NO5. The molecule has 16 heavy (non-hydrogen) atoms. The van der Waals surface area contributed by atoms with E-state index in [0.29, 0.717) is 18.8 Å². The third-order valence-electron chi connectivity index (χ3n) is 1.92. The monoisotopic (exact) mass is 227 g/mol. The Hall–Kier alpha value is -1.82. The van der Waals surface area contributed by atoms with Gasteiger partial charge in [0.15, 0.2) is 5.75 Å². The maximum atomic E-state index is 10.7. The molecule has 0 fully saturated rings. The lowest BCUT2D eigenvalue weighted by atomic mass is 10.3. The molecule has 0 bridgehead atoms. The average Bonchev–Trinajstić information content (AvgIpc) is 2.29. The van der Waals surface area contributed by atoms with Crippen molar-refractivity contribution in [1.82, 2.24) is 0 Å². The lowest BCUT2D eigenvalue weighted by Crippen LogP contribution is -2.01. The first-order valence-corrected chi connectivity index (χ1v) is 4.75. The summed E-state index contributed by atoms with van der Waals surface area (Å²) in [7, 11) is 1.37. The van der Waals surface area contributed by atoms with Gasteiger partial charge in [0.25, 0.3) is 0 Å². The Morgan fingerprint density at radius 2 is 2.25 bits per heavy atom. The smallest absolute Gasteiger partial charge is 0.314 e. The van der Waals surface area contributed by atoms with Crippen molar-refractivity contribution < 1.29 is 19.5 Å². The third kappa shape index (κ3) is 3.09. The van der Waals surface area contributed by atoms with Gasteiger partial charge in [0.2, 0.25) is 0 Å². The van der Waals surface area contributed by atoms with Crippen LogP contribution in [0.4, 0.5) is 5.69 Å². The molecule has 1 N–H and O–H groups in total. The minimum atomic E-state index is -0.530. The summed E-state index contributed by atoms with van der Waals surface area (Å²) in [6.07, 6.45) is 0.486. The van der Waals surface area contributed by atoms with E-state index in [-0.39, 0.29) is 18.0 Å². The van der Waals surface area contributed by atoms with Crippen LogP contribution in [-0.2, 0) is 0 Å². The van der Waals surface area contributed by atoms with Gasteiger partial charge in [0.05, 0.1) is 24.7 Å². The van der Waals surface area contributed by atoms with E-state index in [9.17, 15) is 10.1 Å². The number of ether oxygens (including phenoxy) is 2. The van der Waals surface area contributed by atoms with E-state index >= 15 is 0 Å². The summed E-state index contributed by atoms with van der Waals surface area (Å²) >= 11 is 0. The predicted molar refractivity (Wildman–Crippen MR) is 56.8 cm³/mol. The molecule has 0 amide bonds. The molecular weight excluding hydrogens is 214 g/mol. The molecule has 0 heterocycles. The number of benzene rings is 1. The van der Waals surface area contributed by atoms with Crippen molar-refractivity contribution in [2.24, 2.45) is 0 Å². The lowest BCUT2D eigenvalue weighted by Gasteiger charge is -2.06. The molecule has 1 rings (SSSR count). The van der Waals surface area contributed by atoms with Crippen molar-refractivity contribution in [3.63, 3.8) is 0 Å². The van der Waals surface area contributed by atoms with Gasteiger partial charge in [0, 0.05) is 13.0 Å². The molecule has 0 spiro atoms. The van der Waals surface area contributed by atoms with Crippen LogP contribution >= 0.6 is 0 Å². The zero-order valence-corrected chi connectivity index (χ0v) is 8.88. The number of methoxy groups -OCH3 is 1. The van der Waals surface area contributed by atoms with E-state index in [4.69, 9.17) is 14.6 Å². The SMILES string of the molecule is COc1ccc(OCCCO)cc1[N+](=O)[O-]. The Balaban J connectivity index is 2.81. The Bertz CT molecular complexity index is 366. The summed E-state index contributed by atoms with van der Waals surface area (Å²) in [5.74, 6) is 0.584. The van der Waals surface area contributed by atoms with Crippen molar-refractivity contribution in [3.05, 3.63) is 28.3 Å². The number of rotatable bonds is 6. The van der Waals surface area contributed by atoms with Crippen molar-refractivity contribution >= 4 is 5.69 Å². The zero-order chi connectivity index (χ0) is 12.0. The first-order valence-electron chi connectivity index (χ1n) is 4.75. The molecule has 0 unspecified atom stereocenters. The van der Waals surface area contributed by atoms with Crippen LogP contribution in [0.3, 0.4) is 0 Å². The van der Waals surface area contributed by atoms with Gasteiger partial charge in [0.1, 0.15) is 5.75 Å². The van der Waals surface area contributed by atoms with E-state index < -0.39 is 4.92 Å². The summed E-state index contributed by atoms with van der Waals surface area (Å²) in [5, 5.41) is 19.3. The quantitative estimate of drug-likeness (QED) is 0.451. The number of hydrogen-bond donors (Lipinski definition) is 1. The molecule has 0 atom stereocenters. The highest BCUT2D eigenvalue weighted by Gasteiger charge is 2.15. The van der Waals surface area contributed by atoms with Gasteiger partial charge in [-0.1, -0.05) is 0 Å². The van der Waals surface area contributed by atoms with Crippen LogP contribution < -0.4 is 9.47 Å². The highest BCUT2D eigenvalue weighted by Crippen LogP contribution is 2.30. The van der Waals surface area contributed by atoms with Crippen LogP contribution in [0.1, 0.15) is 6.42 Å². The maximum absolute atomic E-state index is 10.7. The molecule has 0 saturated heterocycles. The molecule has 6 nitrogen and oxygen atoms in total. The molecule has 0 saturated carbocycles. The summed E-state index contributed by atoms with van der Waals surface area (Å²) in [6.45, 7) is 0.345. The van der Waals surface area contributed by atoms with Gasteiger partial charge in [-0.05, 0) is 12.1 Å². The standard InChI is InChI=1S/C10H13NO5/c1-15-10-4-3-8(16-6-2-5-12)7-9(10)11(13)14/h3-4,7,12H,2,5-6H2,1H3. The summed E-state index contributed by atoms with van der Waals surface area (Å²) < 4.78 is 10.1. The minimum Gasteiger partial charge on any atom is -0.493 e. The number of aliphatic hydroxyl groups excluding tert-OH is 1. The Labute approximate surface area is 92.6 Å². The molecule has 1 aromatic carbocycles. The largest absolute Gasteiger partial charge is 0.493 e. The number of aliphatic hydroxyl groups is 1. The van der Waals surface area contributed by atoms with Crippen molar-refractivity contribution in [2.45, 2.75) is 6.42 Å². The fourth-order valence-corrected chi connectivity index (χ4v) is 1.16. The number of nitro groups is 1. The molecule has 1 aromatic rings. The van der Waals surface area contributed by atoms with E-state index in [2.05, 4.69) is 0 Å². The fraction of sp³-hybridized carbons (Fsp3) is 0.400. The van der Waals surface area contributed by atoms with Gasteiger partial charge in [-0.25, -0.2) is 0 Å². The number of nitro benzene ring substituents is 1. The predicted octanol–water partition coefficient (Wildman–Crippen LogP) is 1.36. The van der Waals surface area contributed by atoms with E-state index in [0.717, 1.165) is 0 Å². The molecule has 0 radical (unpaired) electrons. The second-order valence-corrected chi connectivity index (χ2v) is 3.02. The molecule has 88 valence electrons. The normalized spacial score (nSPS) is 9.88. The van der Waals surface area contributed by atoms with E-state index in [1.807, 2.05) is 0 Å². The van der Waals surface area contributed by atoms with Crippen LogP contribution in [0.15, 0.2) is 18.2 Å². The Kier molecular flexibility index (Phi) is 4.53. The van der Waals surface area contributed by atoms with Gasteiger partial charge in [-0.2, -0.15) is 0 Å². The maximum Gasteiger partial charge on any atom is 0.314 e. The molecule has 6 heteroatoms. The third-order valence-corrected chi connectivity index (χ3v) is 1.92. The van der Waals surface area contributed by atoms with Crippen LogP contribution in [-0.4, -0.2) is 30.4 Å². The zero-order valence-electron chi connectivity index (χ0n) is 8.88. The average molecular weight is 227 g/mol. The van der Waals surface area contributed by atoms with E-state index in [1.165, 1.54) is 19.2 Å². The fourth-order valence-electron chi connectivity index (χ4n) is 1.16. The van der Waals surface area contributed by atoms with Crippen molar-refractivity contribution in [1.29, 1.82) is 0 Å². The van der Waals surface area contributed by atoms with Gasteiger partial charge in [-0.15, -0.1) is 0 Å². The van der Waals surface area contributed by atoms with E-state index in [1.54, 1.807) is 6.07 Å². The first kappa shape index (κ1) is 12.3. The summed E-state index contributed by atoms with van der Waals surface area (Å²) in [6, 6.07) is 4.37. The van der Waals surface area contributed by atoms with Crippen molar-refractivity contribution in [3.8, 4) is 11.5 Å². The van der Waals surface area contributed by atoms with Crippen LogP contribution in [0.5, 0.6) is 11.5 Å². The van der Waals surface area contributed by atoms with Crippen LogP contribution in [0, 0.1) is 10.1 Å². The molecule has 0 aromatic heterocycles. The van der Waals surface area contributed by atoms with Crippen LogP contribution in [0.25, 0.3) is 0 Å². The molecule has 0 aliphatic carbocycles. The summed E-state index contributed by atoms with van der Waals surface area (Å²) in [4.78, 5) is 10.2.